The van der Waals surface area contributed by atoms with Gasteiger partial charge in [0.2, 0.25) is 0 Å². The lowest BCUT2D eigenvalue weighted by Crippen LogP contribution is -2.48. The summed E-state index contributed by atoms with van der Waals surface area (Å²) < 4.78 is 5.34. The number of ether oxygens (including phenoxy) is 1. The van der Waals surface area contributed by atoms with Crippen molar-refractivity contribution < 1.29 is 14.3 Å². The second-order valence-electron chi connectivity index (χ2n) is 6.18. The zero-order chi connectivity index (χ0) is 16.2. The van der Waals surface area contributed by atoms with Gasteiger partial charge in [0, 0.05) is 30.7 Å². The van der Waals surface area contributed by atoms with E-state index in [1.54, 1.807) is 16.5 Å². The molecular weight excluding hydrogens is 304 g/mol. The van der Waals surface area contributed by atoms with Crippen LogP contribution < -0.4 is 10.6 Å². The van der Waals surface area contributed by atoms with Crippen LogP contribution in [0.5, 0.6) is 0 Å². The van der Waals surface area contributed by atoms with E-state index in [1.807, 2.05) is 20.8 Å². The molecule has 1 fully saturated rings. The largest absolute Gasteiger partial charge is 0.444 e. The number of piperidine rings is 1. The standard InChI is InChI=1S/C14H22N4O3S/c1-14(2,3)21-13(20)18-7-4-10(5-8-18)16-11(19)17-12-15-6-9-22-12/h6,9-10H,4-5,7-8H2,1-3H3,(H2,15,16,17,19). The number of hydrogen-bond donors (Lipinski definition) is 2. The zero-order valence-electron chi connectivity index (χ0n) is 13.1. The predicted octanol–water partition coefficient (Wildman–Crippen LogP) is 2.66. The molecular formula is C14H22N4O3S. The van der Waals surface area contributed by atoms with Crippen molar-refractivity contribution in [2.75, 3.05) is 18.4 Å². The molecule has 0 radical (unpaired) electrons. The highest BCUT2D eigenvalue weighted by Gasteiger charge is 2.27. The molecule has 0 bridgehead atoms. The maximum atomic E-state index is 12.0. The lowest BCUT2D eigenvalue weighted by Gasteiger charge is -2.33. The van der Waals surface area contributed by atoms with Crippen LogP contribution in [-0.4, -0.2) is 46.7 Å². The molecule has 1 saturated heterocycles. The molecule has 0 unspecified atom stereocenters. The normalized spacial score (nSPS) is 16.2. The van der Waals surface area contributed by atoms with Gasteiger partial charge in [-0.15, -0.1) is 11.3 Å². The van der Waals surface area contributed by atoms with E-state index in [0.717, 1.165) is 0 Å². The molecule has 2 N–H and O–H groups in total. The number of likely N-dealkylation sites (tertiary alicyclic amines) is 1. The molecule has 1 aromatic heterocycles. The highest BCUT2D eigenvalue weighted by atomic mass is 32.1. The molecule has 0 aromatic carbocycles. The summed E-state index contributed by atoms with van der Waals surface area (Å²) in [6.07, 6.45) is 2.77. The van der Waals surface area contributed by atoms with Gasteiger partial charge in [-0.2, -0.15) is 0 Å². The van der Waals surface area contributed by atoms with Crippen LogP contribution >= 0.6 is 11.3 Å². The fraction of sp³-hybridized carbons (Fsp3) is 0.643. The molecule has 3 amide bonds. The van der Waals surface area contributed by atoms with Crippen LogP contribution in [0.15, 0.2) is 11.6 Å². The maximum Gasteiger partial charge on any atom is 0.410 e. The number of urea groups is 1. The van der Waals surface area contributed by atoms with Crippen molar-refractivity contribution in [3.05, 3.63) is 11.6 Å². The molecule has 122 valence electrons. The molecule has 7 nitrogen and oxygen atoms in total. The molecule has 1 aliphatic heterocycles. The van der Waals surface area contributed by atoms with Gasteiger partial charge >= 0.3 is 12.1 Å². The van der Waals surface area contributed by atoms with Crippen molar-refractivity contribution in [3.8, 4) is 0 Å². The van der Waals surface area contributed by atoms with E-state index in [4.69, 9.17) is 4.74 Å². The van der Waals surface area contributed by atoms with Crippen molar-refractivity contribution in [2.45, 2.75) is 45.3 Å². The molecule has 2 heterocycles. The van der Waals surface area contributed by atoms with Gasteiger partial charge in [0.1, 0.15) is 5.60 Å². The summed E-state index contributed by atoms with van der Waals surface area (Å²) in [5, 5.41) is 7.96. The third kappa shape index (κ3) is 5.18. The van der Waals surface area contributed by atoms with Gasteiger partial charge in [0.05, 0.1) is 0 Å². The molecule has 1 aliphatic rings. The highest BCUT2D eigenvalue weighted by molar-refractivity contribution is 7.13. The van der Waals surface area contributed by atoms with Crippen molar-refractivity contribution in [3.63, 3.8) is 0 Å². The van der Waals surface area contributed by atoms with Crippen LogP contribution in [0, 0.1) is 0 Å². The second kappa shape index (κ2) is 6.95. The average molecular weight is 326 g/mol. The number of rotatable bonds is 2. The Morgan fingerprint density at radius 1 is 1.36 bits per heavy atom. The number of nitrogens with zero attached hydrogens (tertiary/aromatic N) is 2. The van der Waals surface area contributed by atoms with E-state index in [9.17, 15) is 9.59 Å². The smallest absolute Gasteiger partial charge is 0.410 e. The minimum absolute atomic E-state index is 0.0543. The summed E-state index contributed by atoms with van der Waals surface area (Å²) in [6, 6.07) is -0.204. The number of anilines is 1. The van der Waals surface area contributed by atoms with Crippen molar-refractivity contribution in [1.29, 1.82) is 0 Å². The summed E-state index contributed by atoms with van der Waals surface area (Å²) >= 11 is 1.37. The summed E-state index contributed by atoms with van der Waals surface area (Å²) in [6.45, 7) is 6.71. The highest BCUT2D eigenvalue weighted by Crippen LogP contribution is 2.16. The number of hydrogen-bond acceptors (Lipinski definition) is 5. The third-order valence-electron chi connectivity index (χ3n) is 3.13. The SMILES string of the molecule is CC(C)(C)OC(=O)N1CCC(NC(=O)Nc2nccs2)CC1. The van der Waals surface area contributed by atoms with Crippen LogP contribution in [0.1, 0.15) is 33.6 Å². The number of amides is 3. The van der Waals surface area contributed by atoms with Crippen LogP contribution in [0.2, 0.25) is 0 Å². The minimum Gasteiger partial charge on any atom is -0.444 e. The quantitative estimate of drug-likeness (QED) is 0.875. The fourth-order valence-corrected chi connectivity index (χ4v) is 2.66. The van der Waals surface area contributed by atoms with E-state index >= 15 is 0 Å². The molecule has 0 aliphatic carbocycles. The molecule has 2 rings (SSSR count). The Kier molecular flexibility index (Phi) is 5.23. The number of carbonyl (C=O) groups is 2. The van der Waals surface area contributed by atoms with Gasteiger partial charge in [-0.25, -0.2) is 14.6 Å². The van der Waals surface area contributed by atoms with Crippen LogP contribution in [0.3, 0.4) is 0 Å². The van der Waals surface area contributed by atoms with Crippen molar-refractivity contribution in [1.82, 2.24) is 15.2 Å². The Labute approximate surface area is 134 Å². The van der Waals surface area contributed by atoms with Crippen LogP contribution in [0.25, 0.3) is 0 Å². The van der Waals surface area contributed by atoms with E-state index in [0.29, 0.717) is 31.1 Å². The monoisotopic (exact) mass is 326 g/mol. The summed E-state index contributed by atoms with van der Waals surface area (Å²) in [4.78, 5) is 29.5. The fourth-order valence-electron chi connectivity index (χ4n) is 2.14. The van der Waals surface area contributed by atoms with E-state index in [2.05, 4.69) is 15.6 Å². The van der Waals surface area contributed by atoms with Crippen molar-refractivity contribution in [2.24, 2.45) is 0 Å². The molecule has 0 spiro atoms. The molecule has 22 heavy (non-hydrogen) atoms. The Balaban J connectivity index is 1.73. The number of aromatic nitrogens is 1. The van der Waals surface area contributed by atoms with Crippen LogP contribution in [-0.2, 0) is 4.74 Å². The Hall–Kier alpha value is -1.83. The first-order chi connectivity index (χ1) is 10.3. The Morgan fingerprint density at radius 3 is 2.59 bits per heavy atom. The number of carbonyl (C=O) groups excluding carboxylic acids is 2. The first-order valence-corrected chi connectivity index (χ1v) is 8.16. The number of thiazole rings is 1. The van der Waals surface area contributed by atoms with Crippen molar-refractivity contribution >= 4 is 28.6 Å². The first kappa shape index (κ1) is 16.5. The van der Waals surface area contributed by atoms with E-state index in [-0.39, 0.29) is 18.2 Å². The maximum absolute atomic E-state index is 12.0. The van der Waals surface area contributed by atoms with Gasteiger partial charge < -0.3 is 15.0 Å². The predicted molar refractivity (Wildman–Crippen MR) is 85.1 cm³/mol. The number of nitrogens with one attached hydrogen (secondary N) is 2. The van der Waals surface area contributed by atoms with E-state index < -0.39 is 5.60 Å². The second-order valence-corrected chi connectivity index (χ2v) is 7.07. The average Bonchev–Trinajstić information content (AvgIpc) is 2.90. The summed E-state index contributed by atoms with van der Waals surface area (Å²) in [5.41, 5.74) is -0.486. The van der Waals surface area contributed by atoms with Gasteiger partial charge in [-0.3, -0.25) is 5.32 Å². The molecule has 0 saturated carbocycles. The van der Waals surface area contributed by atoms with Crippen LogP contribution in [0.4, 0.5) is 14.7 Å². The van der Waals surface area contributed by atoms with E-state index in [1.165, 1.54) is 11.3 Å². The third-order valence-corrected chi connectivity index (χ3v) is 3.82. The van der Waals surface area contributed by atoms with Gasteiger partial charge in [-0.05, 0) is 33.6 Å². The Bertz CT molecular complexity index is 505. The van der Waals surface area contributed by atoms with Gasteiger partial charge in [-0.1, -0.05) is 0 Å². The molecule has 8 heteroatoms. The topological polar surface area (TPSA) is 83.6 Å². The molecule has 1 aromatic rings. The van der Waals surface area contributed by atoms with Gasteiger partial charge in [0.15, 0.2) is 5.13 Å². The summed E-state index contributed by atoms with van der Waals surface area (Å²) in [7, 11) is 0. The molecule has 0 atom stereocenters. The lowest BCUT2D eigenvalue weighted by molar-refractivity contribution is 0.0202. The minimum atomic E-state index is -0.486. The first-order valence-electron chi connectivity index (χ1n) is 7.28. The van der Waals surface area contributed by atoms with Gasteiger partial charge in [0.25, 0.3) is 0 Å². The zero-order valence-corrected chi connectivity index (χ0v) is 13.9. The summed E-state index contributed by atoms with van der Waals surface area (Å²) in [5.74, 6) is 0. The lowest BCUT2D eigenvalue weighted by atomic mass is 10.1. The Morgan fingerprint density at radius 2 is 2.05 bits per heavy atom.